The highest BCUT2D eigenvalue weighted by Gasteiger charge is 2.27. The Bertz CT molecular complexity index is 1450. The predicted molar refractivity (Wildman–Crippen MR) is 120 cm³/mol. The summed E-state index contributed by atoms with van der Waals surface area (Å²) in [4.78, 5) is 35.7. The van der Waals surface area contributed by atoms with E-state index in [1.54, 1.807) is 12.1 Å². The van der Waals surface area contributed by atoms with E-state index in [-0.39, 0.29) is 59.9 Å². The van der Waals surface area contributed by atoms with Crippen molar-refractivity contribution in [1.29, 1.82) is 0 Å². The number of hydrogen-bond donors (Lipinski definition) is 1. The van der Waals surface area contributed by atoms with Gasteiger partial charge in [0.05, 0.1) is 29.3 Å². The summed E-state index contributed by atoms with van der Waals surface area (Å²) < 4.78 is 35.4. The number of hydrogen-bond acceptors (Lipinski definition) is 4. The number of aryl methyl sites for hydroxylation is 1. The number of benzene rings is 1. The Balaban J connectivity index is 1.74. The van der Waals surface area contributed by atoms with Gasteiger partial charge in [-0.3, -0.25) is 14.2 Å². The minimum Gasteiger partial charge on any atom is -0.481 e. The molecule has 0 radical (unpaired) electrons. The van der Waals surface area contributed by atoms with Gasteiger partial charge in [-0.1, -0.05) is 0 Å². The summed E-state index contributed by atoms with van der Waals surface area (Å²) in [6.07, 6.45) is 0.879. The third kappa shape index (κ3) is 3.53. The zero-order chi connectivity index (χ0) is 23.3. The molecule has 1 amide bonds. The number of nitrogens with zero attached hydrogens (tertiary/aromatic N) is 3. The van der Waals surface area contributed by atoms with Crippen LogP contribution in [-0.4, -0.2) is 51.7 Å². The van der Waals surface area contributed by atoms with Gasteiger partial charge in [0.2, 0.25) is 5.88 Å². The SMILES string of the molecule is COc1ccc2c(=O)n(-c3ccc4[nH]c(C)cc4c3F)cc(C(=O)N3CCC(F)CC3)c2n1. The third-order valence-electron chi connectivity index (χ3n) is 6.10. The molecule has 0 saturated carbocycles. The number of halogens is 2. The first kappa shape index (κ1) is 21.1. The van der Waals surface area contributed by atoms with Gasteiger partial charge >= 0.3 is 0 Å². The van der Waals surface area contributed by atoms with Crippen LogP contribution in [0.25, 0.3) is 27.5 Å². The number of aromatic amines is 1. The second-order valence-electron chi connectivity index (χ2n) is 8.25. The molecule has 7 nitrogen and oxygen atoms in total. The molecular weight excluding hydrogens is 430 g/mol. The first-order valence-corrected chi connectivity index (χ1v) is 10.7. The van der Waals surface area contributed by atoms with E-state index in [0.29, 0.717) is 10.9 Å². The second kappa shape index (κ2) is 7.99. The Hall–Kier alpha value is -3.75. The Morgan fingerprint density at radius 3 is 2.67 bits per heavy atom. The van der Waals surface area contributed by atoms with Crippen LogP contribution in [0.5, 0.6) is 5.88 Å². The smallest absolute Gasteiger partial charge is 0.264 e. The lowest BCUT2D eigenvalue weighted by molar-refractivity contribution is 0.0668. The van der Waals surface area contributed by atoms with Gasteiger partial charge in [0, 0.05) is 41.9 Å². The summed E-state index contributed by atoms with van der Waals surface area (Å²) in [6, 6.07) is 7.89. The topological polar surface area (TPSA) is 80.2 Å². The number of methoxy groups -OCH3 is 1. The van der Waals surface area contributed by atoms with Crippen LogP contribution in [0.15, 0.2) is 41.3 Å². The number of nitrogens with one attached hydrogen (secondary N) is 1. The second-order valence-corrected chi connectivity index (χ2v) is 8.25. The molecule has 1 saturated heterocycles. The number of ether oxygens (including phenoxy) is 1. The molecule has 0 spiro atoms. The van der Waals surface area contributed by atoms with E-state index in [9.17, 15) is 14.0 Å². The van der Waals surface area contributed by atoms with Gasteiger partial charge in [0.15, 0.2) is 5.82 Å². The van der Waals surface area contributed by atoms with Crippen molar-refractivity contribution in [2.45, 2.75) is 25.9 Å². The fourth-order valence-electron chi connectivity index (χ4n) is 4.35. The minimum atomic E-state index is -0.941. The molecule has 4 aromatic rings. The normalized spacial score (nSPS) is 14.8. The number of fused-ring (bicyclic) bond motifs is 2. The number of piperidine rings is 1. The Kier molecular flexibility index (Phi) is 5.11. The number of carbonyl (C=O) groups excluding carboxylic acids is 1. The predicted octanol–water partition coefficient (Wildman–Crippen LogP) is 3.90. The molecule has 5 rings (SSSR count). The van der Waals surface area contributed by atoms with Crippen molar-refractivity contribution < 1.29 is 18.3 Å². The molecule has 1 N–H and O–H groups in total. The van der Waals surface area contributed by atoms with Gasteiger partial charge < -0.3 is 14.6 Å². The fraction of sp³-hybridized carbons (Fsp3) is 0.292. The van der Waals surface area contributed by atoms with E-state index in [1.165, 1.54) is 36.4 Å². The Morgan fingerprint density at radius 1 is 1.18 bits per heavy atom. The quantitative estimate of drug-likeness (QED) is 0.511. The highest BCUT2D eigenvalue weighted by Crippen LogP contribution is 2.27. The van der Waals surface area contributed by atoms with E-state index < -0.39 is 17.5 Å². The third-order valence-corrected chi connectivity index (χ3v) is 6.10. The molecule has 0 unspecified atom stereocenters. The first-order chi connectivity index (χ1) is 15.9. The van der Waals surface area contributed by atoms with Crippen LogP contribution in [0.3, 0.4) is 0 Å². The van der Waals surface area contributed by atoms with Gasteiger partial charge in [0.25, 0.3) is 11.5 Å². The number of alkyl halides is 1. The number of amides is 1. The summed E-state index contributed by atoms with van der Waals surface area (Å²) in [5, 5.41) is 0.509. The molecule has 9 heteroatoms. The van der Waals surface area contributed by atoms with E-state index in [0.717, 1.165) is 10.3 Å². The van der Waals surface area contributed by atoms with Crippen LogP contribution in [0, 0.1) is 12.7 Å². The molecule has 1 aromatic carbocycles. The van der Waals surface area contributed by atoms with E-state index in [1.807, 2.05) is 6.92 Å². The minimum absolute atomic E-state index is 0.0285. The van der Waals surface area contributed by atoms with Crippen molar-refractivity contribution in [3.63, 3.8) is 0 Å². The summed E-state index contributed by atoms with van der Waals surface area (Å²) in [7, 11) is 1.44. The average molecular weight is 452 g/mol. The molecule has 1 aliphatic rings. The van der Waals surface area contributed by atoms with Crippen molar-refractivity contribution in [2.24, 2.45) is 0 Å². The van der Waals surface area contributed by atoms with Crippen molar-refractivity contribution in [3.05, 3.63) is 64.0 Å². The molecule has 3 aromatic heterocycles. The standard InChI is InChI=1S/C24H22F2N4O3/c1-13-11-16-18(27-13)4-5-19(21(16)26)30-12-17(23(31)29-9-7-14(25)8-10-29)22-15(24(30)32)3-6-20(28-22)33-2/h3-6,11-12,14,27H,7-10H2,1-2H3. The molecular formula is C24H22F2N4O3. The van der Waals surface area contributed by atoms with E-state index in [2.05, 4.69) is 9.97 Å². The zero-order valence-corrected chi connectivity index (χ0v) is 18.2. The fourth-order valence-corrected chi connectivity index (χ4v) is 4.35. The summed E-state index contributed by atoms with van der Waals surface area (Å²) in [5.74, 6) is -0.719. The maximum Gasteiger partial charge on any atom is 0.264 e. The molecule has 170 valence electrons. The van der Waals surface area contributed by atoms with Crippen LogP contribution in [0.4, 0.5) is 8.78 Å². The van der Waals surface area contributed by atoms with E-state index >= 15 is 4.39 Å². The molecule has 0 atom stereocenters. The number of carbonyl (C=O) groups is 1. The maximum atomic E-state index is 15.4. The molecule has 1 fully saturated rings. The number of likely N-dealkylation sites (tertiary alicyclic amines) is 1. The van der Waals surface area contributed by atoms with Gasteiger partial charge in [0.1, 0.15) is 6.17 Å². The van der Waals surface area contributed by atoms with Gasteiger partial charge in [-0.25, -0.2) is 13.8 Å². The van der Waals surface area contributed by atoms with Crippen LogP contribution < -0.4 is 10.3 Å². The highest BCUT2D eigenvalue weighted by atomic mass is 19.1. The molecule has 0 aliphatic carbocycles. The van der Waals surface area contributed by atoms with Crippen LogP contribution >= 0.6 is 0 Å². The molecule has 4 heterocycles. The summed E-state index contributed by atoms with van der Waals surface area (Å²) >= 11 is 0. The zero-order valence-electron chi connectivity index (χ0n) is 18.2. The van der Waals surface area contributed by atoms with Crippen LogP contribution in [-0.2, 0) is 0 Å². The van der Waals surface area contributed by atoms with E-state index in [4.69, 9.17) is 4.74 Å². The average Bonchev–Trinajstić information content (AvgIpc) is 3.21. The Morgan fingerprint density at radius 2 is 1.94 bits per heavy atom. The highest BCUT2D eigenvalue weighted by molar-refractivity contribution is 6.05. The number of rotatable bonds is 3. The maximum absolute atomic E-state index is 15.4. The lowest BCUT2D eigenvalue weighted by Crippen LogP contribution is -2.39. The Labute approximate surface area is 187 Å². The van der Waals surface area contributed by atoms with Crippen LogP contribution in [0.2, 0.25) is 0 Å². The molecule has 0 bridgehead atoms. The first-order valence-electron chi connectivity index (χ1n) is 10.7. The van der Waals surface area contributed by atoms with Crippen molar-refractivity contribution in [1.82, 2.24) is 19.4 Å². The lowest BCUT2D eigenvalue weighted by Gasteiger charge is -2.29. The number of H-pyrrole nitrogens is 1. The molecule has 1 aliphatic heterocycles. The molecule has 33 heavy (non-hydrogen) atoms. The monoisotopic (exact) mass is 452 g/mol. The number of pyridine rings is 2. The van der Waals surface area contributed by atoms with Crippen molar-refractivity contribution in [3.8, 4) is 11.6 Å². The summed E-state index contributed by atoms with van der Waals surface area (Å²) in [5.41, 5.74) is 1.22. The number of aromatic nitrogens is 3. The van der Waals surface area contributed by atoms with Crippen LogP contribution in [0.1, 0.15) is 28.9 Å². The van der Waals surface area contributed by atoms with Crippen molar-refractivity contribution in [2.75, 3.05) is 20.2 Å². The van der Waals surface area contributed by atoms with Gasteiger partial charge in [-0.05, 0) is 44.0 Å². The van der Waals surface area contributed by atoms with Crippen molar-refractivity contribution >= 4 is 27.7 Å². The van der Waals surface area contributed by atoms with Gasteiger partial charge in [-0.2, -0.15) is 0 Å². The van der Waals surface area contributed by atoms with Gasteiger partial charge in [-0.15, -0.1) is 0 Å². The summed E-state index contributed by atoms with van der Waals surface area (Å²) in [6.45, 7) is 2.33. The largest absolute Gasteiger partial charge is 0.481 e. The lowest BCUT2D eigenvalue weighted by atomic mass is 10.1.